The molecule has 2 aromatic rings. The molecule has 0 bridgehead atoms. The molecule has 0 aliphatic carbocycles. The number of benzene rings is 1. The van der Waals surface area contributed by atoms with Crippen LogP contribution in [0, 0.1) is 0 Å². The molecule has 1 aromatic carbocycles. The van der Waals surface area contributed by atoms with Crippen LogP contribution in [-0.4, -0.2) is 24.2 Å². The predicted octanol–water partition coefficient (Wildman–Crippen LogP) is 2.80. The number of anilines is 1. The lowest BCUT2D eigenvalue weighted by atomic mass is 10.1. The normalized spacial score (nSPS) is 10.8. The van der Waals surface area contributed by atoms with E-state index in [1.807, 2.05) is 12.3 Å². The van der Waals surface area contributed by atoms with Gasteiger partial charge in [-0.05, 0) is 12.0 Å². The van der Waals surface area contributed by atoms with Crippen molar-refractivity contribution < 1.29 is 9.47 Å². The van der Waals surface area contributed by atoms with Gasteiger partial charge in [-0.3, -0.25) is 0 Å². The topological polar surface area (TPSA) is 73.2 Å². The molecule has 0 aliphatic rings. The second-order valence-corrected chi connectivity index (χ2v) is 4.63. The number of nitrogens with one attached hydrogen (secondary N) is 1. The average Bonchev–Trinajstić information content (AvgIpc) is 2.88. The SMILES string of the molecule is COc1cc(OC)c(N)c(-c2ncc(C(C)C)[nH]2)c1. The van der Waals surface area contributed by atoms with E-state index in [1.54, 1.807) is 20.3 Å². The first-order valence-corrected chi connectivity index (χ1v) is 6.13. The highest BCUT2D eigenvalue weighted by Crippen LogP contribution is 2.36. The molecule has 0 radical (unpaired) electrons. The second-order valence-electron chi connectivity index (χ2n) is 4.63. The standard InChI is InChI=1S/C14H19N3O2/c1-8(2)11-7-16-14(17-11)10-5-9(18-3)6-12(19-4)13(10)15/h5-8H,15H2,1-4H3,(H,16,17). The maximum Gasteiger partial charge on any atom is 0.146 e. The van der Waals surface area contributed by atoms with Gasteiger partial charge >= 0.3 is 0 Å². The molecule has 0 spiro atoms. The van der Waals surface area contributed by atoms with E-state index < -0.39 is 0 Å². The summed E-state index contributed by atoms with van der Waals surface area (Å²) < 4.78 is 10.5. The highest BCUT2D eigenvalue weighted by atomic mass is 16.5. The average molecular weight is 261 g/mol. The molecule has 0 unspecified atom stereocenters. The van der Waals surface area contributed by atoms with Crippen molar-refractivity contribution in [2.75, 3.05) is 20.0 Å². The van der Waals surface area contributed by atoms with E-state index >= 15 is 0 Å². The zero-order valence-electron chi connectivity index (χ0n) is 11.7. The molecule has 3 N–H and O–H groups in total. The second kappa shape index (κ2) is 5.22. The van der Waals surface area contributed by atoms with Crippen LogP contribution in [0.1, 0.15) is 25.5 Å². The van der Waals surface area contributed by atoms with Crippen molar-refractivity contribution in [1.29, 1.82) is 0 Å². The fraction of sp³-hybridized carbons (Fsp3) is 0.357. The molecule has 0 fully saturated rings. The molecular weight excluding hydrogens is 242 g/mol. The quantitative estimate of drug-likeness (QED) is 0.830. The van der Waals surface area contributed by atoms with Gasteiger partial charge in [-0.1, -0.05) is 13.8 Å². The summed E-state index contributed by atoms with van der Waals surface area (Å²) in [5, 5.41) is 0. The van der Waals surface area contributed by atoms with E-state index in [0.717, 1.165) is 17.1 Å². The van der Waals surface area contributed by atoms with E-state index in [4.69, 9.17) is 15.2 Å². The first-order valence-electron chi connectivity index (χ1n) is 6.13. The van der Waals surface area contributed by atoms with Gasteiger partial charge in [0.25, 0.3) is 0 Å². The zero-order chi connectivity index (χ0) is 14.0. The maximum absolute atomic E-state index is 6.09. The van der Waals surface area contributed by atoms with Crippen LogP contribution in [0.5, 0.6) is 11.5 Å². The number of methoxy groups -OCH3 is 2. The number of nitrogen functional groups attached to an aromatic ring is 1. The number of H-pyrrole nitrogens is 1. The van der Waals surface area contributed by atoms with Gasteiger partial charge in [0.15, 0.2) is 0 Å². The Bertz CT molecular complexity index is 576. The number of ether oxygens (including phenoxy) is 2. The third-order valence-corrected chi connectivity index (χ3v) is 3.04. The third kappa shape index (κ3) is 2.50. The Morgan fingerprint density at radius 2 is 1.95 bits per heavy atom. The summed E-state index contributed by atoms with van der Waals surface area (Å²) in [5.74, 6) is 2.37. The summed E-state index contributed by atoms with van der Waals surface area (Å²) in [4.78, 5) is 7.64. The van der Waals surface area contributed by atoms with E-state index in [2.05, 4.69) is 23.8 Å². The highest BCUT2D eigenvalue weighted by molar-refractivity contribution is 5.78. The number of hydrogen-bond acceptors (Lipinski definition) is 4. The van der Waals surface area contributed by atoms with Gasteiger partial charge in [-0.25, -0.2) is 4.98 Å². The van der Waals surface area contributed by atoms with Crippen molar-refractivity contribution in [1.82, 2.24) is 9.97 Å². The Morgan fingerprint density at radius 3 is 2.47 bits per heavy atom. The number of hydrogen-bond donors (Lipinski definition) is 2. The van der Waals surface area contributed by atoms with Crippen LogP contribution >= 0.6 is 0 Å². The smallest absolute Gasteiger partial charge is 0.146 e. The van der Waals surface area contributed by atoms with Crippen LogP contribution in [-0.2, 0) is 0 Å². The van der Waals surface area contributed by atoms with Crippen LogP contribution in [0.3, 0.4) is 0 Å². The summed E-state index contributed by atoms with van der Waals surface area (Å²) in [7, 11) is 3.19. The number of aromatic nitrogens is 2. The van der Waals surface area contributed by atoms with Crippen molar-refractivity contribution in [3.8, 4) is 22.9 Å². The fourth-order valence-electron chi connectivity index (χ4n) is 1.85. The Morgan fingerprint density at radius 1 is 1.21 bits per heavy atom. The van der Waals surface area contributed by atoms with Crippen LogP contribution in [0.25, 0.3) is 11.4 Å². The van der Waals surface area contributed by atoms with Crippen molar-refractivity contribution in [2.24, 2.45) is 0 Å². The van der Waals surface area contributed by atoms with Crippen LogP contribution in [0.15, 0.2) is 18.3 Å². The number of nitrogens with two attached hydrogens (primary N) is 1. The molecular formula is C14H19N3O2. The Kier molecular flexibility index (Phi) is 3.64. The molecule has 0 amide bonds. The van der Waals surface area contributed by atoms with Crippen molar-refractivity contribution in [3.05, 3.63) is 24.0 Å². The number of nitrogens with zero attached hydrogens (tertiary/aromatic N) is 1. The zero-order valence-corrected chi connectivity index (χ0v) is 11.7. The van der Waals surface area contributed by atoms with E-state index in [-0.39, 0.29) is 0 Å². The molecule has 102 valence electrons. The van der Waals surface area contributed by atoms with Crippen molar-refractivity contribution >= 4 is 5.69 Å². The maximum atomic E-state index is 6.09. The Labute approximate surface area is 112 Å². The third-order valence-electron chi connectivity index (χ3n) is 3.04. The summed E-state index contributed by atoms with van der Waals surface area (Å²) in [6.07, 6.45) is 1.82. The molecule has 0 saturated carbocycles. The minimum atomic E-state index is 0.384. The molecule has 19 heavy (non-hydrogen) atoms. The first-order chi connectivity index (χ1) is 9.06. The van der Waals surface area contributed by atoms with Gasteiger partial charge in [-0.2, -0.15) is 0 Å². The lowest BCUT2D eigenvalue weighted by Crippen LogP contribution is -1.98. The van der Waals surface area contributed by atoms with Crippen LogP contribution in [0.4, 0.5) is 5.69 Å². The molecule has 1 aromatic heterocycles. The first kappa shape index (κ1) is 13.3. The van der Waals surface area contributed by atoms with E-state index in [1.165, 1.54) is 0 Å². The largest absolute Gasteiger partial charge is 0.497 e. The summed E-state index contributed by atoms with van der Waals surface area (Å²) in [6, 6.07) is 3.60. The Balaban J connectivity index is 2.53. The lowest BCUT2D eigenvalue weighted by molar-refractivity contribution is 0.396. The summed E-state index contributed by atoms with van der Waals surface area (Å²) in [6.45, 7) is 4.21. The van der Waals surface area contributed by atoms with Gasteiger partial charge < -0.3 is 20.2 Å². The van der Waals surface area contributed by atoms with Crippen molar-refractivity contribution in [3.63, 3.8) is 0 Å². The number of imidazole rings is 1. The van der Waals surface area contributed by atoms with Crippen LogP contribution in [0.2, 0.25) is 0 Å². The number of rotatable bonds is 4. The fourth-order valence-corrected chi connectivity index (χ4v) is 1.85. The van der Waals surface area contributed by atoms with Gasteiger partial charge in [0, 0.05) is 23.5 Å². The van der Waals surface area contributed by atoms with Gasteiger partial charge in [0.1, 0.15) is 17.3 Å². The monoisotopic (exact) mass is 261 g/mol. The van der Waals surface area contributed by atoms with Gasteiger partial charge in [0.2, 0.25) is 0 Å². The Hall–Kier alpha value is -2.17. The molecule has 0 aliphatic heterocycles. The molecule has 0 atom stereocenters. The molecule has 2 rings (SSSR count). The molecule has 1 heterocycles. The van der Waals surface area contributed by atoms with Crippen molar-refractivity contribution in [2.45, 2.75) is 19.8 Å². The molecule has 5 heteroatoms. The van der Waals surface area contributed by atoms with Gasteiger partial charge in [-0.15, -0.1) is 0 Å². The van der Waals surface area contributed by atoms with E-state index in [9.17, 15) is 0 Å². The van der Waals surface area contributed by atoms with Crippen LogP contribution < -0.4 is 15.2 Å². The minimum absolute atomic E-state index is 0.384. The predicted molar refractivity (Wildman–Crippen MR) is 75.6 cm³/mol. The summed E-state index contributed by atoms with van der Waals surface area (Å²) >= 11 is 0. The molecule has 0 saturated heterocycles. The highest BCUT2D eigenvalue weighted by Gasteiger charge is 2.14. The van der Waals surface area contributed by atoms with Gasteiger partial charge in [0.05, 0.1) is 19.9 Å². The molecule has 5 nitrogen and oxygen atoms in total. The lowest BCUT2D eigenvalue weighted by Gasteiger charge is -2.11. The minimum Gasteiger partial charge on any atom is -0.497 e. The number of aromatic amines is 1. The summed E-state index contributed by atoms with van der Waals surface area (Å²) in [5.41, 5.74) is 8.49. The van der Waals surface area contributed by atoms with E-state index in [0.29, 0.717) is 23.1 Å².